The lowest BCUT2D eigenvalue weighted by atomic mass is 10.1. The third-order valence-electron chi connectivity index (χ3n) is 2.35. The van der Waals surface area contributed by atoms with E-state index in [0.717, 1.165) is 22.2 Å². The summed E-state index contributed by atoms with van der Waals surface area (Å²) < 4.78 is 5.17. The van der Waals surface area contributed by atoms with E-state index in [2.05, 4.69) is 5.16 Å². The molecule has 2 aromatic rings. The lowest BCUT2D eigenvalue weighted by molar-refractivity contribution is -0.136. The fourth-order valence-corrected chi connectivity index (χ4v) is 1.56. The normalized spacial score (nSPS) is 10.7. The Morgan fingerprint density at radius 1 is 1.53 bits per heavy atom. The summed E-state index contributed by atoms with van der Waals surface area (Å²) >= 11 is 0. The molecule has 0 aliphatic rings. The lowest BCUT2D eigenvalue weighted by Crippen LogP contribution is -1.97. The van der Waals surface area contributed by atoms with Crippen LogP contribution in [-0.2, 0) is 11.2 Å². The highest BCUT2D eigenvalue weighted by Gasteiger charge is 2.10. The van der Waals surface area contributed by atoms with Crippen LogP contribution in [0.3, 0.4) is 0 Å². The van der Waals surface area contributed by atoms with Crippen LogP contribution >= 0.6 is 0 Å². The monoisotopic (exact) mass is 205 g/mol. The number of nitrogens with zero attached hydrogens (tertiary/aromatic N) is 1. The van der Waals surface area contributed by atoms with Crippen molar-refractivity contribution in [2.75, 3.05) is 0 Å². The van der Waals surface area contributed by atoms with Crippen molar-refractivity contribution in [1.29, 1.82) is 0 Å². The van der Waals surface area contributed by atoms with Gasteiger partial charge in [-0.2, -0.15) is 0 Å². The molecule has 15 heavy (non-hydrogen) atoms. The number of benzene rings is 1. The second-order valence-corrected chi connectivity index (χ2v) is 3.47. The number of carbonyl (C=O) groups is 1. The molecule has 0 saturated carbocycles. The van der Waals surface area contributed by atoms with Crippen molar-refractivity contribution in [3.05, 3.63) is 29.5 Å². The number of hydrogen-bond donors (Lipinski definition) is 1. The highest BCUT2D eigenvalue weighted by Crippen LogP contribution is 2.22. The van der Waals surface area contributed by atoms with Crippen molar-refractivity contribution in [2.45, 2.75) is 19.8 Å². The molecule has 78 valence electrons. The molecule has 4 nitrogen and oxygen atoms in total. The topological polar surface area (TPSA) is 63.3 Å². The van der Waals surface area contributed by atoms with Crippen LogP contribution in [0.5, 0.6) is 0 Å². The number of rotatable bonds is 3. The maximum atomic E-state index is 10.4. The predicted octanol–water partition coefficient (Wildman–Crippen LogP) is 2.15. The van der Waals surface area contributed by atoms with Crippen LogP contribution in [0.2, 0.25) is 0 Å². The molecule has 0 fully saturated rings. The van der Waals surface area contributed by atoms with E-state index in [1.54, 1.807) is 0 Å². The number of fused-ring (bicyclic) bond motifs is 1. The number of aryl methyl sites for hydroxylation is 2. The van der Waals surface area contributed by atoms with Gasteiger partial charge in [0.25, 0.3) is 0 Å². The average molecular weight is 205 g/mol. The van der Waals surface area contributed by atoms with E-state index >= 15 is 0 Å². The largest absolute Gasteiger partial charge is 0.481 e. The molecule has 0 spiro atoms. The van der Waals surface area contributed by atoms with Gasteiger partial charge in [0, 0.05) is 11.8 Å². The van der Waals surface area contributed by atoms with E-state index in [1.165, 1.54) is 0 Å². The van der Waals surface area contributed by atoms with Crippen LogP contribution in [0.4, 0.5) is 0 Å². The standard InChI is InChI=1S/C11H11NO3/c1-7-3-2-4-8-9(5-6-10(13)14)12-15-11(7)8/h2-4H,5-6H2,1H3,(H,13,14). The third-order valence-corrected chi connectivity index (χ3v) is 2.35. The number of aromatic nitrogens is 1. The van der Waals surface area contributed by atoms with Crippen molar-refractivity contribution in [1.82, 2.24) is 5.16 Å². The molecule has 0 aliphatic carbocycles. The summed E-state index contributed by atoms with van der Waals surface area (Å²) in [6.07, 6.45) is 0.487. The first-order valence-corrected chi connectivity index (χ1v) is 4.74. The first-order valence-electron chi connectivity index (χ1n) is 4.74. The summed E-state index contributed by atoms with van der Waals surface area (Å²) in [5.41, 5.74) is 2.48. The van der Waals surface area contributed by atoms with Crippen molar-refractivity contribution in [3.8, 4) is 0 Å². The molecule has 0 bridgehead atoms. The predicted molar refractivity (Wildman–Crippen MR) is 54.7 cm³/mol. The summed E-state index contributed by atoms with van der Waals surface area (Å²) in [4.78, 5) is 10.4. The van der Waals surface area contributed by atoms with Gasteiger partial charge >= 0.3 is 5.97 Å². The minimum Gasteiger partial charge on any atom is -0.481 e. The second-order valence-electron chi connectivity index (χ2n) is 3.47. The number of para-hydroxylation sites is 1. The van der Waals surface area contributed by atoms with Crippen molar-refractivity contribution >= 4 is 16.9 Å². The lowest BCUT2D eigenvalue weighted by Gasteiger charge is -1.93. The van der Waals surface area contributed by atoms with Crippen molar-refractivity contribution in [2.24, 2.45) is 0 Å². The van der Waals surface area contributed by atoms with Gasteiger partial charge in [-0.25, -0.2) is 0 Å². The molecule has 1 N–H and O–H groups in total. The van der Waals surface area contributed by atoms with Gasteiger partial charge in [0.2, 0.25) is 0 Å². The zero-order valence-electron chi connectivity index (χ0n) is 8.36. The fraction of sp³-hybridized carbons (Fsp3) is 0.273. The minimum atomic E-state index is -0.821. The Morgan fingerprint density at radius 2 is 2.33 bits per heavy atom. The SMILES string of the molecule is Cc1cccc2c(CCC(=O)O)noc12. The number of hydrogen-bond acceptors (Lipinski definition) is 3. The van der Waals surface area contributed by atoms with Crippen LogP contribution in [0.15, 0.2) is 22.7 Å². The van der Waals surface area contributed by atoms with Crippen LogP contribution in [-0.4, -0.2) is 16.2 Å². The quantitative estimate of drug-likeness (QED) is 0.833. The highest BCUT2D eigenvalue weighted by molar-refractivity contribution is 5.82. The van der Waals surface area contributed by atoms with Gasteiger partial charge in [0.15, 0.2) is 5.58 Å². The smallest absolute Gasteiger partial charge is 0.303 e. The van der Waals surface area contributed by atoms with E-state index in [0.29, 0.717) is 6.42 Å². The molecule has 0 atom stereocenters. The van der Waals surface area contributed by atoms with Gasteiger partial charge in [-0.3, -0.25) is 4.79 Å². The van der Waals surface area contributed by atoms with Crippen LogP contribution in [0.25, 0.3) is 11.0 Å². The molecule has 4 heteroatoms. The molecule has 1 aromatic heterocycles. The molecule has 0 saturated heterocycles. The Kier molecular flexibility index (Phi) is 2.41. The Hall–Kier alpha value is -1.84. The highest BCUT2D eigenvalue weighted by atomic mass is 16.5. The summed E-state index contributed by atoms with van der Waals surface area (Å²) in [5.74, 6) is -0.821. The summed E-state index contributed by atoms with van der Waals surface area (Å²) in [6.45, 7) is 1.94. The van der Waals surface area contributed by atoms with Crippen LogP contribution in [0.1, 0.15) is 17.7 Å². The Morgan fingerprint density at radius 3 is 3.07 bits per heavy atom. The maximum Gasteiger partial charge on any atom is 0.303 e. The van der Waals surface area contributed by atoms with Gasteiger partial charge in [0.05, 0.1) is 12.1 Å². The molecule has 0 radical (unpaired) electrons. The molecule has 1 aromatic carbocycles. The van der Waals surface area contributed by atoms with Gasteiger partial charge in [-0.05, 0) is 18.6 Å². The fourth-order valence-electron chi connectivity index (χ4n) is 1.56. The first-order chi connectivity index (χ1) is 7.18. The van der Waals surface area contributed by atoms with Crippen LogP contribution in [0, 0.1) is 6.92 Å². The molecule has 0 amide bonds. The van der Waals surface area contributed by atoms with Crippen molar-refractivity contribution in [3.63, 3.8) is 0 Å². The molecule has 0 unspecified atom stereocenters. The van der Waals surface area contributed by atoms with E-state index in [1.807, 2.05) is 25.1 Å². The summed E-state index contributed by atoms with van der Waals surface area (Å²) in [7, 11) is 0. The minimum absolute atomic E-state index is 0.0789. The zero-order valence-corrected chi connectivity index (χ0v) is 8.36. The summed E-state index contributed by atoms with van der Waals surface area (Å²) in [5, 5.41) is 13.4. The Balaban J connectivity index is 2.37. The van der Waals surface area contributed by atoms with Gasteiger partial charge < -0.3 is 9.63 Å². The van der Waals surface area contributed by atoms with E-state index in [-0.39, 0.29) is 6.42 Å². The van der Waals surface area contributed by atoms with Crippen molar-refractivity contribution < 1.29 is 14.4 Å². The van der Waals surface area contributed by atoms with Gasteiger partial charge in [0.1, 0.15) is 0 Å². The second kappa shape index (κ2) is 3.73. The number of carboxylic acids is 1. The molecule has 0 aliphatic heterocycles. The number of carboxylic acid groups (broad SMARTS) is 1. The van der Waals surface area contributed by atoms with E-state index in [9.17, 15) is 4.79 Å². The van der Waals surface area contributed by atoms with E-state index in [4.69, 9.17) is 9.63 Å². The van der Waals surface area contributed by atoms with Crippen LogP contribution < -0.4 is 0 Å². The average Bonchev–Trinajstić information content (AvgIpc) is 2.59. The molecule has 2 rings (SSSR count). The number of aliphatic carboxylic acids is 1. The summed E-state index contributed by atoms with van der Waals surface area (Å²) in [6, 6.07) is 5.75. The van der Waals surface area contributed by atoms with E-state index < -0.39 is 5.97 Å². The molecular formula is C11H11NO3. The Labute approximate surface area is 86.5 Å². The molecular weight excluding hydrogens is 194 g/mol. The third kappa shape index (κ3) is 1.83. The molecule has 1 heterocycles. The Bertz CT molecular complexity index is 502. The zero-order chi connectivity index (χ0) is 10.8. The van der Waals surface area contributed by atoms with Gasteiger partial charge in [-0.1, -0.05) is 17.3 Å². The maximum absolute atomic E-state index is 10.4. The van der Waals surface area contributed by atoms with Gasteiger partial charge in [-0.15, -0.1) is 0 Å². The first kappa shape index (κ1) is 9.71.